The molecule has 0 unspecified atom stereocenters. The molecule has 2 fully saturated rings. The lowest BCUT2D eigenvalue weighted by molar-refractivity contribution is -0.153. The Morgan fingerprint density at radius 1 is 1.13 bits per heavy atom. The minimum Gasteiger partial charge on any atom is -0.508 e. The first-order valence-corrected chi connectivity index (χ1v) is 12.2. The minimum absolute atomic E-state index is 0. The van der Waals surface area contributed by atoms with E-state index in [-0.39, 0.29) is 48.1 Å². The SMILES string of the molecule is CN(C)[C@@H]1C(=O)C(C(N)=O)=C(O)[C@@]2(O)C(=O)C3=C(O)c4c(O)cc(CN5CCCC5)cc4C[C@H]3C[C@@H]12.Cl.Cl. The highest BCUT2D eigenvalue weighted by Gasteiger charge is 2.64. The van der Waals surface area contributed by atoms with E-state index in [0.29, 0.717) is 18.5 Å². The highest BCUT2D eigenvalue weighted by atomic mass is 35.5. The summed E-state index contributed by atoms with van der Waals surface area (Å²) in [5.74, 6) is -6.35. The van der Waals surface area contributed by atoms with Gasteiger partial charge in [-0.15, -0.1) is 24.8 Å². The molecule has 0 aromatic heterocycles. The van der Waals surface area contributed by atoms with E-state index in [0.717, 1.165) is 31.5 Å². The number of amides is 1. The normalized spacial score (nSPS) is 28.9. The van der Waals surface area contributed by atoms with Gasteiger partial charge in [-0.25, -0.2) is 0 Å². The molecule has 0 radical (unpaired) electrons. The van der Waals surface area contributed by atoms with Gasteiger partial charge in [0.25, 0.3) is 5.91 Å². The number of ketones is 2. The van der Waals surface area contributed by atoms with E-state index >= 15 is 0 Å². The summed E-state index contributed by atoms with van der Waals surface area (Å²) in [6, 6.07) is 2.41. The second kappa shape index (κ2) is 10.5. The van der Waals surface area contributed by atoms with Crippen molar-refractivity contribution in [1.82, 2.24) is 9.80 Å². The van der Waals surface area contributed by atoms with Crippen LogP contribution in [0.5, 0.6) is 5.75 Å². The lowest BCUT2D eigenvalue weighted by atomic mass is 9.57. The summed E-state index contributed by atoms with van der Waals surface area (Å²) in [7, 11) is 3.16. The number of likely N-dealkylation sites (tertiary alicyclic amines) is 1. The second-order valence-corrected chi connectivity index (χ2v) is 10.6. The molecule has 4 atom stereocenters. The van der Waals surface area contributed by atoms with E-state index < -0.39 is 58.0 Å². The van der Waals surface area contributed by atoms with Crippen LogP contribution in [0.1, 0.15) is 36.0 Å². The molecule has 10 nitrogen and oxygen atoms in total. The van der Waals surface area contributed by atoms with Crippen LogP contribution in [0, 0.1) is 11.8 Å². The van der Waals surface area contributed by atoms with Crippen molar-refractivity contribution in [3.05, 3.63) is 45.7 Å². The fourth-order valence-electron chi connectivity index (χ4n) is 6.63. The third-order valence-corrected chi connectivity index (χ3v) is 8.19. The van der Waals surface area contributed by atoms with Gasteiger partial charge in [0.2, 0.25) is 5.78 Å². The maximum absolute atomic E-state index is 13.8. The number of aliphatic hydroxyl groups excluding tert-OH is 2. The molecule has 1 aliphatic heterocycles. The van der Waals surface area contributed by atoms with Crippen molar-refractivity contribution in [2.75, 3.05) is 27.2 Å². The Bertz CT molecular complexity index is 1260. The highest BCUT2D eigenvalue weighted by molar-refractivity contribution is 6.24. The first-order chi connectivity index (χ1) is 17.0. The van der Waals surface area contributed by atoms with Gasteiger partial charge < -0.3 is 26.2 Å². The number of phenolic OH excluding ortho intramolecular Hbond substituents is 1. The fraction of sp³-hybridized carbons (Fsp3) is 0.500. The van der Waals surface area contributed by atoms with Crippen molar-refractivity contribution in [2.24, 2.45) is 17.6 Å². The number of phenols is 1. The molecule has 1 aromatic carbocycles. The number of hydrogen-bond donors (Lipinski definition) is 5. The number of nitrogens with zero attached hydrogens (tertiary/aromatic N) is 2. The summed E-state index contributed by atoms with van der Waals surface area (Å²) in [4.78, 5) is 42.7. The molecule has 5 rings (SSSR count). The van der Waals surface area contributed by atoms with E-state index in [4.69, 9.17) is 5.73 Å². The lowest BCUT2D eigenvalue weighted by Crippen LogP contribution is -2.65. The molecule has 1 amide bonds. The van der Waals surface area contributed by atoms with Crippen LogP contribution in [-0.2, 0) is 27.3 Å². The predicted molar refractivity (Wildman–Crippen MR) is 143 cm³/mol. The molecule has 6 N–H and O–H groups in total. The van der Waals surface area contributed by atoms with Gasteiger partial charge in [-0.3, -0.25) is 24.2 Å². The molecule has 0 bridgehead atoms. The van der Waals surface area contributed by atoms with Crippen LogP contribution in [0.15, 0.2) is 29.0 Å². The molecule has 1 aromatic rings. The highest BCUT2D eigenvalue weighted by Crippen LogP contribution is 2.52. The molecule has 12 heteroatoms. The van der Waals surface area contributed by atoms with Gasteiger partial charge in [0, 0.05) is 18.0 Å². The van der Waals surface area contributed by atoms with Crippen molar-refractivity contribution in [1.29, 1.82) is 0 Å². The Morgan fingerprint density at radius 3 is 2.34 bits per heavy atom. The maximum atomic E-state index is 13.8. The number of nitrogens with two attached hydrogens (primary N) is 1. The Morgan fingerprint density at radius 2 is 1.76 bits per heavy atom. The lowest BCUT2D eigenvalue weighted by Gasteiger charge is -2.50. The number of halogens is 2. The number of carbonyl (C=O) groups is 3. The van der Waals surface area contributed by atoms with Crippen molar-refractivity contribution in [2.45, 2.75) is 43.9 Å². The minimum atomic E-state index is -2.62. The van der Waals surface area contributed by atoms with E-state index in [1.165, 1.54) is 4.90 Å². The molecule has 1 saturated heterocycles. The number of rotatable bonds is 4. The largest absolute Gasteiger partial charge is 0.508 e. The Kier molecular flexibility index (Phi) is 8.27. The van der Waals surface area contributed by atoms with Crippen molar-refractivity contribution < 1.29 is 34.8 Å². The van der Waals surface area contributed by atoms with Crippen LogP contribution in [0.4, 0.5) is 0 Å². The van der Waals surface area contributed by atoms with Gasteiger partial charge in [-0.05, 0) is 76.0 Å². The number of likely N-dealkylation sites (N-methyl/N-ethyl adjacent to an activating group) is 1. The molecule has 3 aliphatic carbocycles. The molecule has 208 valence electrons. The number of hydrogen-bond acceptors (Lipinski definition) is 9. The van der Waals surface area contributed by atoms with Gasteiger partial charge in [-0.1, -0.05) is 6.07 Å². The van der Waals surface area contributed by atoms with Crippen LogP contribution in [-0.4, -0.2) is 86.5 Å². The van der Waals surface area contributed by atoms with Crippen LogP contribution in [0.25, 0.3) is 5.76 Å². The third-order valence-electron chi connectivity index (χ3n) is 8.19. The summed E-state index contributed by atoms with van der Waals surface area (Å²) in [5, 5.41) is 44.4. The zero-order valence-electron chi connectivity index (χ0n) is 21.1. The number of carbonyl (C=O) groups excluding carboxylic acids is 3. The average Bonchev–Trinajstić information content (AvgIpc) is 3.28. The zero-order valence-corrected chi connectivity index (χ0v) is 22.8. The Hall–Kier alpha value is -2.63. The predicted octanol–water partition coefficient (Wildman–Crippen LogP) is 1.40. The number of primary amides is 1. The topological polar surface area (TPSA) is 165 Å². The fourth-order valence-corrected chi connectivity index (χ4v) is 6.63. The van der Waals surface area contributed by atoms with E-state index in [1.54, 1.807) is 20.2 Å². The molecule has 1 heterocycles. The van der Waals surface area contributed by atoms with Crippen LogP contribution >= 0.6 is 24.8 Å². The third kappa shape index (κ3) is 4.28. The Balaban J connectivity index is 0.00000200. The summed E-state index contributed by atoms with van der Waals surface area (Å²) in [6.45, 7) is 2.62. The summed E-state index contributed by atoms with van der Waals surface area (Å²) < 4.78 is 0. The monoisotopic (exact) mass is 569 g/mol. The summed E-state index contributed by atoms with van der Waals surface area (Å²) in [6.07, 6.45) is 2.64. The van der Waals surface area contributed by atoms with Crippen LogP contribution < -0.4 is 5.73 Å². The number of benzene rings is 1. The van der Waals surface area contributed by atoms with Gasteiger partial charge in [0.1, 0.15) is 22.8 Å². The van der Waals surface area contributed by atoms with Gasteiger partial charge in [0.15, 0.2) is 11.4 Å². The van der Waals surface area contributed by atoms with Crippen LogP contribution in [0.3, 0.4) is 0 Å². The number of fused-ring (bicyclic) bond motifs is 3. The van der Waals surface area contributed by atoms with Crippen molar-refractivity contribution >= 4 is 48.0 Å². The molecule has 0 spiro atoms. The first-order valence-electron chi connectivity index (χ1n) is 12.2. The summed E-state index contributed by atoms with van der Waals surface area (Å²) in [5.41, 5.74) is 3.47. The quantitative estimate of drug-likeness (QED) is 0.337. The Labute approximate surface area is 232 Å². The summed E-state index contributed by atoms with van der Waals surface area (Å²) >= 11 is 0. The average molecular weight is 570 g/mol. The maximum Gasteiger partial charge on any atom is 0.255 e. The van der Waals surface area contributed by atoms with E-state index in [9.17, 15) is 34.8 Å². The molecular weight excluding hydrogens is 537 g/mol. The molecule has 1 saturated carbocycles. The van der Waals surface area contributed by atoms with Crippen LogP contribution in [0.2, 0.25) is 0 Å². The first kappa shape index (κ1) is 29.9. The standard InChI is InChI=1S/C26H31N3O7.2ClH/c1-28(2)20-15-10-14-9-13-7-12(11-29-5-3-4-6-29)8-16(30)17(13)21(31)18(14)23(33)26(15,36)24(34)19(22(20)32)25(27)35;;/h7-8,14-15,20,30-31,34,36H,3-6,9-11H2,1-2H3,(H2,27,35);2*1H/t14-,15-,20-,26-;;/m0../s1. The molecule has 38 heavy (non-hydrogen) atoms. The van der Waals surface area contributed by atoms with E-state index in [1.807, 2.05) is 6.07 Å². The second-order valence-electron chi connectivity index (χ2n) is 10.6. The van der Waals surface area contributed by atoms with Crippen molar-refractivity contribution in [3.8, 4) is 5.75 Å². The van der Waals surface area contributed by atoms with Gasteiger partial charge >= 0.3 is 0 Å². The van der Waals surface area contributed by atoms with E-state index in [2.05, 4.69) is 4.90 Å². The van der Waals surface area contributed by atoms with Gasteiger partial charge in [0.05, 0.1) is 11.6 Å². The molecule has 4 aliphatic rings. The number of aromatic hydroxyl groups is 1. The van der Waals surface area contributed by atoms with Crippen molar-refractivity contribution in [3.63, 3.8) is 0 Å². The number of Topliss-reactive ketones (excluding diaryl/α,β-unsaturated/α-hetero) is 2. The van der Waals surface area contributed by atoms with Gasteiger partial charge in [-0.2, -0.15) is 0 Å². The molecular formula is C26H33Cl2N3O7. The number of aliphatic hydroxyl groups is 3. The smallest absolute Gasteiger partial charge is 0.255 e. The zero-order chi connectivity index (χ0) is 26.1.